The molecule has 0 aliphatic carbocycles. The van der Waals surface area contributed by atoms with Crippen molar-refractivity contribution in [3.8, 4) is 11.5 Å². The summed E-state index contributed by atoms with van der Waals surface area (Å²) in [5.74, 6) is 1.11. The highest BCUT2D eigenvalue weighted by atomic mass is 16.6. The molecular weight excluding hydrogens is 270 g/mol. The van der Waals surface area contributed by atoms with Crippen molar-refractivity contribution in [3.05, 3.63) is 62.7 Å². The lowest BCUT2D eigenvalue weighted by Crippen LogP contribution is -1.97. The Labute approximate surface area is 123 Å². The number of nitrogens with zero attached hydrogens (tertiary/aromatic N) is 1. The van der Waals surface area contributed by atoms with Gasteiger partial charge in [0.05, 0.1) is 11.5 Å². The molecule has 0 heterocycles. The summed E-state index contributed by atoms with van der Waals surface area (Å²) in [6, 6.07) is 8.67. The number of aliphatic hydroxyl groups excluding tert-OH is 1. The molecule has 1 N–H and O–H groups in total. The van der Waals surface area contributed by atoms with Crippen molar-refractivity contribution in [1.29, 1.82) is 0 Å². The van der Waals surface area contributed by atoms with E-state index in [4.69, 9.17) is 4.74 Å². The molecule has 110 valence electrons. The van der Waals surface area contributed by atoms with Crippen LogP contribution in [0.1, 0.15) is 22.3 Å². The minimum atomic E-state index is -0.406. The van der Waals surface area contributed by atoms with Gasteiger partial charge in [0.25, 0.3) is 5.69 Å². The van der Waals surface area contributed by atoms with Gasteiger partial charge in [0.1, 0.15) is 11.5 Å². The number of aliphatic hydroxyl groups is 1. The van der Waals surface area contributed by atoms with E-state index in [0.717, 1.165) is 5.56 Å². The summed E-state index contributed by atoms with van der Waals surface area (Å²) >= 11 is 0. The van der Waals surface area contributed by atoms with Gasteiger partial charge in [-0.1, -0.05) is 17.7 Å². The van der Waals surface area contributed by atoms with Crippen LogP contribution < -0.4 is 4.74 Å². The smallest absolute Gasteiger partial charge is 0.272 e. The van der Waals surface area contributed by atoms with E-state index in [2.05, 4.69) is 0 Å². The van der Waals surface area contributed by atoms with Crippen LogP contribution in [0.5, 0.6) is 11.5 Å². The molecule has 2 aromatic carbocycles. The zero-order valence-electron chi connectivity index (χ0n) is 12.2. The van der Waals surface area contributed by atoms with Gasteiger partial charge in [0.15, 0.2) is 0 Å². The van der Waals surface area contributed by atoms with E-state index in [1.807, 2.05) is 19.1 Å². The number of nitro benzene ring substituents is 1. The van der Waals surface area contributed by atoms with Crippen LogP contribution in [0.3, 0.4) is 0 Å². The maximum Gasteiger partial charge on any atom is 0.272 e. The van der Waals surface area contributed by atoms with Crippen molar-refractivity contribution in [2.75, 3.05) is 0 Å². The quantitative estimate of drug-likeness (QED) is 0.685. The van der Waals surface area contributed by atoms with Crippen LogP contribution in [0.4, 0.5) is 5.69 Å². The number of nitro groups is 1. The summed E-state index contributed by atoms with van der Waals surface area (Å²) in [7, 11) is 0. The highest BCUT2D eigenvalue weighted by molar-refractivity contribution is 5.51. The number of hydrogen-bond acceptors (Lipinski definition) is 4. The second kappa shape index (κ2) is 5.93. The first-order chi connectivity index (χ1) is 9.92. The second-order valence-electron chi connectivity index (χ2n) is 5.03. The Kier molecular flexibility index (Phi) is 4.23. The first-order valence-electron chi connectivity index (χ1n) is 6.56. The fourth-order valence-electron chi connectivity index (χ4n) is 2.13. The molecule has 5 nitrogen and oxygen atoms in total. The summed E-state index contributed by atoms with van der Waals surface area (Å²) in [4.78, 5) is 10.5. The highest BCUT2D eigenvalue weighted by Crippen LogP contribution is 2.32. The first kappa shape index (κ1) is 15.0. The zero-order chi connectivity index (χ0) is 15.6. The Morgan fingerprint density at radius 3 is 2.43 bits per heavy atom. The van der Waals surface area contributed by atoms with E-state index in [-0.39, 0.29) is 12.3 Å². The minimum absolute atomic E-state index is 0.0751. The number of rotatable bonds is 4. The molecule has 0 amide bonds. The lowest BCUT2D eigenvalue weighted by molar-refractivity contribution is -0.385. The molecule has 0 atom stereocenters. The SMILES string of the molecule is Cc1ccc(Oc2cc(C)c([N+](=O)[O-])cc2C)c(CO)c1. The van der Waals surface area contributed by atoms with Gasteiger partial charge in [-0.05, 0) is 38.5 Å². The van der Waals surface area contributed by atoms with Crippen molar-refractivity contribution < 1.29 is 14.8 Å². The third-order valence-corrected chi connectivity index (χ3v) is 3.30. The Hall–Kier alpha value is -2.40. The van der Waals surface area contributed by atoms with E-state index < -0.39 is 4.92 Å². The first-order valence-corrected chi connectivity index (χ1v) is 6.56. The van der Waals surface area contributed by atoms with Gasteiger partial charge in [-0.2, -0.15) is 0 Å². The predicted molar refractivity (Wildman–Crippen MR) is 79.7 cm³/mol. The predicted octanol–water partition coefficient (Wildman–Crippen LogP) is 3.80. The van der Waals surface area contributed by atoms with Gasteiger partial charge in [0, 0.05) is 17.2 Å². The van der Waals surface area contributed by atoms with Gasteiger partial charge in [-0.3, -0.25) is 10.1 Å². The number of benzene rings is 2. The normalized spacial score (nSPS) is 10.5. The van der Waals surface area contributed by atoms with Gasteiger partial charge in [-0.25, -0.2) is 0 Å². The van der Waals surface area contributed by atoms with Gasteiger partial charge >= 0.3 is 0 Å². The fraction of sp³-hybridized carbons (Fsp3) is 0.250. The Morgan fingerprint density at radius 1 is 1.10 bits per heavy atom. The second-order valence-corrected chi connectivity index (χ2v) is 5.03. The third kappa shape index (κ3) is 3.20. The Morgan fingerprint density at radius 2 is 1.81 bits per heavy atom. The topological polar surface area (TPSA) is 72.6 Å². The average molecular weight is 287 g/mol. The standard InChI is InChI=1S/C16H17NO4/c1-10-4-5-15(13(6-10)9-18)21-16-8-11(2)14(17(19)20)7-12(16)3/h4-8,18H,9H2,1-3H3. The van der Waals surface area contributed by atoms with Crippen molar-refractivity contribution in [2.24, 2.45) is 0 Å². The molecule has 0 fully saturated rings. The molecule has 0 unspecified atom stereocenters. The molecule has 2 rings (SSSR count). The maximum atomic E-state index is 10.9. The largest absolute Gasteiger partial charge is 0.457 e. The van der Waals surface area contributed by atoms with Crippen LogP contribution in [-0.2, 0) is 6.61 Å². The molecular formula is C16H17NO4. The number of ether oxygens (including phenoxy) is 1. The van der Waals surface area contributed by atoms with E-state index in [1.54, 1.807) is 26.0 Å². The summed E-state index contributed by atoms with van der Waals surface area (Å²) in [6.45, 7) is 5.24. The maximum absolute atomic E-state index is 10.9. The van der Waals surface area contributed by atoms with Crippen LogP contribution in [0.2, 0.25) is 0 Å². The molecule has 0 bridgehead atoms. The van der Waals surface area contributed by atoms with Crippen LogP contribution >= 0.6 is 0 Å². The van der Waals surface area contributed by atoms with Crippen molar-refractivity contribution in [3.63, 3.8) is 0 Å². The van der Waals surface area contributed by atoms with E-state index >= 15 is 0 Å². The minimum Gasteiger partial charge on any atom is -0.457 e. The van der Waals surface area contributed by atoms with E-state index in [0.29, 0.717) is 28.2 Å². The number of aryl methyl sites for hydroxylation is 3. The van der Waals surface area contributed by atoms with Gasteiger partial charge in [0.2, 0.25) is 0 Å². The summed E-state index contributed by atoms with van der Waals surface area (Å²) in [6.07, 6.45) is 0. The molecule has 0 aliphatic rings. The average Bonchev–Trinajstić information content (AvgIpc) is 2.43. The van der Waals surface area contributed by atoms with Crippen molar-refractivity contribution in [1.82, 2.24) is 0 Å². The summed E-state index contributed by atoms with van der Waals surface area (Å²) in [5.41, 5.74) is 3.01. The van der Waals surface area contributed by atoms with Crippen LogP contribution in [0, 0.1) is 30.9 Å². The Balaban J connectivity index is 2.41. The summed E-state index contributed by atoms with van der Waals surface area (Å²) in [5, 5.41) is 20.3. The van der Waals surface area contributed by atoms with E-state index in [1.165, 1.54) is 6.07 Å². The lowest BCUT2D eigenvalue weighted by Gasteiger charge is -2.13. The molecule has 0 saturated heterocycles. The van der Waals surface area contributed by atoms with E-state index in [9.17, 15) is 15.2 Å². The van der Waals surface area contributed by atoms with Crippen LogP contribution in [-0.4, -0.2) is 10.0 Å². The van der Waals surface area contributed by atoms with Gasteiger partial charge in [-0.15, -0.1) is 0 Å². The summed E-state index contributed by atoms with van der Waals surface area (Å²) < 4.78 is 5.82. The molecule has 0 radical (unpaired) electrons. The van der Waals surface area contributed by atoms with Crippen LogP contribution in [0.15, 0.2) is 30.3 Å². The monoisotopic (exact) mass is 287 g/mol. The molecule has 2 aromatic rings. The molecule has 0 saturated carbocycles. The fourth-order valence-corrected chi connectivity index (χ4v) is 2.13. The molecule has 0 aromatic heterocycles. The molecule has 0 aliphatic heterocycles. The third-order valence-electron chi connectivity index (χ3n) is 3.30. The molecule has 21 heavy (non-hydrogen) atoms. The molecule has 5 heteroatoms. The van der Waals surface area contributed by atoms with Gasteiger partial charge < -0.3 is 9.84 Å². The van der Waals surface area contributed by atoms with Crippen molar-refractivity contribution in [2.45, 2.75) is 27.4 Å². The Bertz CT molecular complexity index is 695. The van der Waals surface area contributed by atoms with Crippen LogP contribution in [0.25, 0.3) is 0 Å². The lowest BCUT2D eigenvalue weighted by atomic mass is 10.1. The number of hydrogen-bond donors (Lipinski definition) is 1. The zero-order valence-corrected chi connectivity index (χ0v) is 12.2. The highest BCUT2D eigenvalue weighted by Gasteiger charge is 2.15. The van der Waals surface area contributed by atoms with Crippen molar-refractivity contribution >= 4 is 5.69 Å². The molecule has 0 spiro atoms.